The maximum atomic E-state index is 6.29. The fourth-order valence-corrected chi connectivity index (χ4v) is 3.64. The molecule has 2 nitrogen and oxygen atoms in total. The van der Waals surface area contributed by atoms with Crippen LogP contribution in [0.4, 0.5) is 5.69 Å². The molecule has 19 heavy (non-hydrogen) atoms. The van der Waals surface area contributed by atoms with Crippen molar-refractivity contribution in [3.8, 4) is 0 Å². The summed E-state index contributed by atoms with van der Waals surface area (Å²) in [4.78, 5) is 4.70. The first-order valence-electron chi connectivity index (χ1n) is 6.71. The van der Waals surface area contributed by atoms with Gasteiger partial charge in [-0.15, -0.1) is 0 Å². The van der Waals surface area contributed by atoms with Gasteiger partial charge in [0.25, 0.3) is 0 Å². The minimum absolute atomic E-state index is 0.343. The third-order valence-corrected chi connectivity index (χ3v) is 5.34. The molecule has 1 aliphatic carbocycles. The number of rotatable bonds is 5. The van der Waals surface area contributed by atoms with Crippen LogP contribution in [0, 0.1) is 0 Å². The zero-order valence-corrected chi connectivity index (χ0v) is 14.3. The summed E-state index contributed by atoms with van der Waals surface area (Å²) in [7, 11) is 6.53. The third kappa shape index (κ3) is 3.09. The van der Waals surface area contributed by atoms with Gasteiger partial charge in [-0.05, 0) is 51.1 Å². The van der Waals surface area contributed by atoms with Crippen molar-refractivity contribution in [2.75, 3.05) is 32.6 Å². The van der Waals surface area contributed by atoms with Crippen LogP contribution in [0.1, 0.15) is 24.8 Å². The Morgan fingerprint density at radius 1 is 1.26 bits per heavy atom. The molecule has 4 heteroatoms. The molecule has 1 fully saturated rings. The molecule has 0 heterocycles. The molecule has 2 rings (SSSR count). The second kappa shape index (κ2) is 6.02. The molecular weight excluding hydrogens is 324 g/mol. The lowest BCUT2D eigenvalue weighted by atomic mass is 9.75. The van der Waals surface area contributed by atoms with Crippen molar-refractivity contribution >= 4 is 33.2 Å². The summed E-state index contributed by atoms with van der Waals surface area (Å²) >= 11 is 9.74. The molecule has 0 radical (unpaired) electrons. The van der Waals surface area contributed by atoms with Gasteiger partial charge in [0.05, 0.1) is 0 Å². The van der Waals surface area contributed by atoms with Crippen LogP contribution in [0.15, 0.2) is 18.2 Å². The van der Waals surface area contributed by atoms with Gasteiger partial charge >= 0.3 is 0 Å². The zero-order chi connectivity index (χ0) is 14.0. The second-order valence-corrected chi connectivity index (χ2v) is 6.71. The maximum absolute atomic E-state index is 6.29. The molecule has 1 aromatic rings. The van der Waals surface area contributed by atoms with Crippen LogP contribution in [0.5, 0.6) is 0 Å². The summed E-state index contributed by atoms with van der Waals surface area (Å²) in [6.07, 6.45) is 3.92. The van der Waals surface area contributed by atoms with Gasteiger partial charge in [-0.1, -0.05) is 33.6 Å². The first-order valence-corrected chi connectivity index (χ1v) is 8.21. The van der Waals surface area contributed by atoms with Gasteiger partial charge in [0.15, 0.2) is 0 Å². The van der Waals surface area contributed by atoms with E-state index in [1.807, 2.05) is 0 Å². The van der Waals surface area contributed by atoms with Gasteiger partial charge < -0.3 is 9.80 Å². The van der Waals surface area contributed by atoms with E-state index in [-0.39, 0.29) is 0 Å². The molecule has 0 atom stereocenters. The molecule has 0 aliphatic heterocycles. The SMILES string of the molecule is CN(CC1(N(C)C)CCC1)c1ccc(CBr)c(Cl)c1. The van der Waals surface area contributed by atoms with E-state index in [4.69, 9.17) is 11.6 Å². The molecule has 0 N–H and O–H groups in total. The van der Waals surface area contributed by atoms with Crippen molar-refractivity contribution in [3.05, 3.63) is 28.8 Å². The molecule has 0 spiro atoms. The summed E-state index contributed by atoms with van der Waals surface area (Å²) in [6.45, 7) is 1.06. The lowest BCUT2D eigenvalue weighted by Gasteiger charge is -2.49. The Hall–Kier alpha value is -0.250. The van der Waals surface area contributed by atoms with Gasteiger partial charge in [0, 0.05) is 35.2 Å². The number of nitrogens with zero attached hydrogens (tertiary/aromatic N) is 2. The zero-order valence-electron chi connectivity index (χ0n) is 11.9. The standard InChI is InChI=1S/C15H22BrClN2/c1-18(2)15(7-4-8-15)11-19(3)13-6-5-12(10-16)14(17)9-13/h5-6,9H,4,7-8,10-11H2,1-3H3. The fourth-order valence-electron chi connectivity index (χ4n) is 2.75. The van der Waals surface area contributed by atoms with Crippen LogP contribution in [0.25, 0.3) is 0 Å². The third-order valence-electron chi connectivity index (χ3n) is 4.39. The molecule has 0 unspecified atom stereocenters. The highest BCUT2D eigenvalue weighted by molar-refractivity contribution is 9.08. The highest BCUT2D eigenvalue weighted by Gasteiger charge is 2.39. The number of hydrogen-bond acceptors (Lipinski definition) is 2. The first kappa shape index (κ1) is 15.1. The molecule has 0 bridgehead atoms. The Morgan fingerprint density at radius 3 is 2.37 bits per heavy atom. The normalized spacial score (nSPS) is 17.4. The fraction of sp³-hybridized carbons (Fsp3) is 0.600. The molecule has 106 valence electrons. The van der Waals surface area contributed by atoms with Crippen LogP contribution in [0.3, 0.4) is 0 Å². The Labute approximate surface area is 129 Å². The van der Waals surface area contributed by atoms with Gasteiger partial charge in [-0.2, -0.15) is 0 Å². The maximum Gasteiger partial charge on any atom is 0.0467 e. The van der Waals surface area contributed by atoms with Crippen LogP contribution in [-0.4, -0.2) is 38.1 Å². The molecule has 0 saturated heterocycles. The summed E-state index contributed by atoms with van der Waals surface area (Å²) in [5.74, 6) is 0. The van der Waals surface area contributed by atoms with Crippen molar-refractivity contribution in [2.45, 2.75) is 30.1 Å². The highest BCUT2D eigenvalue weighted by atomic mass is 79.9. The largest absolute Gasteiger partial charge is 0.373 e. The Kier molecular flexibility index (Phi) is 4.80. The van der Waals surface area contributed by atoms with E-state index in [1.165, 1.54) is 24.9 Å². The number of likely N-dealkylation sites (N-methyl/N-ethyl adjacent to an activating group) is 2. The van der Waals surface area contributed by atoms with Crippen LogP contribution >= 0.6 is 27.5 Å². The minimum atomic E-state index is 0.343. The molecule has 1 aromatic carbocycles. The highest BCUT2D eigenvalue weighted by Crippen LogP contribution is 2.37. The molecule has 0 amide bonds. The van der Waals surface area contributed by atoms with Crippen LogP contribution in [0.2, 0.25) is 5.02 Å². The van der Waals surface area contributed by atoms with Crippen LogP contribution < -0.4 is 4.90 Å². The second-order valence-electron chi connectivity index (χ2n) is 5.74. The predicted octanol–water partition coefficient (Wildman–Crippen LogP) is 4.16. The van der Waals surface area contributed by atoms with Crippen molar-refractivity contribution < 1.29 is 0 Å². The molecular formula is C15H22BrClN2. The monoisotopic (exact) mass is 344 g/mol. The van der Waals surface area contributed by atoms with E-state index in [2.05, 4.69) is 65.1 Å². The Balaban J connectivity index is 2.11. The molecule has 1 saturated carbocycles. The lowest BCUT2D eigenvalue weighted by molar-refractivity contribution is 0.0683. The van der Waals surface area contributed by atoms with Crippen molar-refractivity contribution in [2.24, 2.45) is 0 Å². The lowest BCUT2D eigenvalue weighted by Crippen LogP contribution is -2.56. The number of halogens is 2. The predicted molar refractivity (Wildman–Crippen MR) is 87.6 cm³/mol. The van der Waals surface area contributed by atoms with Crippen LogP contribution in [-0.2, 0) is 5.33 Å². The number of benzene rings is 1. The first-order chi connectivity index (χ1) is 8.98. The average molecular weight is 346 g/mol. The van der Waals surface area contributed by atoms with E-state index in [0.717, 1.165) is 22.5 Å². The topological polar surface area (TPSA) is 6.48 Å². The van der Waals surface area contributed by atoms with Crippen molar-refractivity contribution in [3.63, 3.8) is 0 Å². The summed E-state index contributed by atoms with van der Waals surface area (Å²) in [6, 6.07) is 6.33. The van der Waals surface area contributed by atoms with Gasteiger partial charge in [-0.3, -0.25) is 0 Å². The van der Waals surface area contributed by atoms with Gasteiger partial charge in [0.2, 0.25) is 0 Å². The van der Waals surface area contributed by atoms with E-state index in [9.17, 15) is 0 Å². The van der Waals surface area contributed by atoms with E-state index in [1.54, 1.807) is 0 Å². The van der Waals surface area contributed by atoms with Gasteiger partial charge in [0.1, 0.15) is 0 Å². The summed E-state index contributed by atoms with van der Waals surface area (Å²) in [5, 5.41) is 1.64. The van der Waals surface area contributed by atoms with E-state index < -0.39 is 0 Å². The average Bonchev–Trinajstić information content (AvgIpc) is 2.32. The van der Waals surface area contributed by atoms with E-state index in [0.29, 0.717) is 5.54 Å². The summed E-state index contributed by atoms with van der Waals surface area (Å²) in [5.41, 5.74) is 2.68. The number of anilines is 1. The number of alkyl halides is 1. The number of hydrogen-bond donors (Lipinski definition) is 0. The minimum Gasteiger partial charge on any atom is -0.373 e. The quantitative estimate of drug-likeness (QED) is 0.740. The van der Waals surface area contributed by atoms with Gasteiger partial charge in [-0.25, -0.2) is 0 Å². The molecule has 0 aromatic heterocycles. The van der Waals surface area contributed by atoms with E-state index >= 15 is 0 Å². The Bertz CT molecular complexity index is 444. The summed E-state index contributed by atoms with van der Waals surface area (Å²) < 4.78 is 0. The van der Waals surface area contributed by atoms with Crippen molar-refractivity contribution in [1.82, 2.24) is 4.90 Å². The smallest absolute Gasteiger partial charge is 0.0467 e. The van der Waals surface area contributed by atoms with Crippen molar-refractivity contribution in [1.29, 1.82) is 0 Å². The molecule has 1 aliphatic rings. The Morgan fingerprint density at radius 2 is 1.95 bits per heavy atom.